The summed E-state index contributed by atoms with van der Waals surface area (Å²) in [5.41, 5.74) is 1.21. The van der Waals surface area contributed by atoms with Gasteiger partial charge in [0, 0.05) is 24.0 Å². The Morgan fingerprint density at radius 2 is 1.90 bits per heavy atom. The summed E-state index contributed by atoms with van der Waals surface area (Å²) in [5.74, 6) is 0.166. The topological polar surface area (TPSA) is 63.7 Å². The van der Waals surface area contributed by atoms with Crippen LogP contribution in [0, 0.1) is 0 Å². The van der Waals surface area contributed by atoms with Gasteiger partial charge in [-0.15, -0.1) is 0 Å². The van der Waals surface area contributed by atoms with Crippen molar-refractivity contribution in [3.8, 4) is 5.75 Å². The number of carbonyl (C=O) groups is 3. The number of hydrogen-bond donors (Lipinski definition) is 0. The molecule has 1 saturated heterocycles. The number of likely N-dealkylation sites (tertiary alicyclic amines) is 1. The van der Waals surface area contributed by atoms with Gasteiger partial charge in [0.05, 0.1) is 13.7 Å². The largest absolute Gasteiger partial charge is 0.496 e. The number of hydrogen-bond acceptors (Lipinski definition) is 4. The SMILES string of the molecule is COc1ccc(C(C)=O)cc1CN1C(=O)CCCC1=O. The third-order valence-corrected chi connectivity index (χ3v) is 3.40. The van der Waals surface area contributed by atoms with Gasteiger partial charge in [-0.25, -0.2) is 0 Å². The van der Waals surface area contributed by atoms with Crippen LogP contribution in [0.5, 0.6) is 5.75 Å². The molecule has 0 unspecified atom stereocenters. The number of benzene rings is 1. The zero-order chi connectivity index (χ0) is 14.7. The lowest BCUT2D eigenvalue weighted by molar-refractivity contribution is -0.148. The second-order valence-electron chi connectivity index (χ2n) is 4.81. The van der Waals surface area contributed by atoms with E-state index in [9.17, 15) is 14.4 Å². The van der Waals surface area contributed by atoms with Crippen LogP contribution in [0.15, 0.2) is 18.2 Å². The fourth-order valence-electron chi connectivity index (χ4n) is 2.27. The van der Waals surface area contributed by atoms with E-state index in [1.807, 2.05) is 0 Å². The number of piperidine rings is 1. The second-order valence-corrected chi connectivity index (χ2v) is 4.81. The minimum atomic E-state index is -0.170. The summed E-state index contributed by atoms with van der Waals surface area (Å²) in [4.78, 5) is 36.3. The molecule has 0 aliphatic carbocycles. The fourth-order valence-corrected chi connectivity index (χ4v) is 2.27. The van der Waals surface area contributed by atoms with Gasteiger partial charge in [-0.2, -0.15) is 0 Å². The van der Waals surface area contributed by atoms with Crippen LogP contribution in [0.4, 0.5) is 0 Å². The van der Waals surface area contributed by atoms with Crippen molar-refractivity contribution in [3.05, 3.63) is 29.3 Å². The molecule has 5 nitrogen and oxygen atoms in total. The number of imide groups is 1. The zero-order valence-corrected chi connectivity index (χ0v) is 11.6. The highest BCUT2D eigenvalue weighted by Crippen LogP contribution is 2.24. The number of methoxy groups -OCH3 is 1. The molecule has 0 radical (unpaired) electrons. The smallest absolute Gasteiger partial charge is 0.229 e. The van der Waals surface area contributed by atoms with Gasteiger partial charge in [-0.1, -0.05) is 0 Å². The molecule has 0 atom stereocenters. The molecule has 0 spiro atoms. The summed E-state index contributed by atoms with van der Waals surface area (Å²) in [7, 11) is 1.52. The maximum atomic E-state index is 11.8. The van der Waals surface area contributed by atoms with Gasteiger partial charge in [0.15, 0.2) is 5.78 Å². The minimum Gasteiger partial charge on any atom is -0.496 e. The second kappa shape index (κ2) is 5.86. The molecular weight excluding hydrogens is 258 g/mol. The van der Waals surface area contributed by atoms with Crippen LogP contribution in [-0.4, -0.2) is 29.6 Å². The standard InChI is InChI=1S/C15H17NO4/c1-10(17)11-6-7-13(20-2)12(8-11)9-16-14(18)4-3-5-15(16)19/h6-8H,3-5,9H2,1-2H3. The lowest BCUT2D eigenvalue weighted by atomic mass is 10.0. The van der Waals surface area contributed by atoms with Crippen molar-refractivity contribution in [1.82, 2.24) is 4.90 Å². The Kier molecular flexibility index (Phi) is 4.17. The molecule has 0 saturated carbocycles. The third-order valence-electron chi connectivity index (χ3n) is 3.40. The van der Waals surface area contributed by atoms with Gasteiger partial charge in [-0.3, -0.25) is 19.3 Å². The molecule has 1 aliphatic heterocycles. The predicted molar refractivity (Wildman–Crippen MR) is 72.4 cm³/mol. The highest BCUT2D eigenvalue weighted by molar-refractivity contribution is 5.97. The molecule has 5 heteroatoms. The summed E-state index contributed by atoms with van der Waals surface area (Å²) in [5, 5.41) is 0. The first-order valence-electron chi connectivity index (χ1n) is 6.54. The molecule has 1 aromatic rings. The van der Waals surface area contributed by atoms with Crippen molar-refractivity contribution >= 4 is 17.6 Å². The Bertz CT molecular complexity index is 549. The summed E-state index contributed by atoms with van der Waals surface area (Å²) >= 11 is 0. The van der Waals surface area contributed by atoms with Crippen LogP contribution < -0.4 is 4.74 Å². The van der Waals surface area contributed by atoms with Gasteiger partial charge in [0.1, 0.15) is 5.75 Å². The van der Waals surface area contributed by atoms with E-state index in [1.54, 1.807) is 18.2 Å². The van der Waals surface area contributed by atoms with Crippen molar-refractivity contribution < 1.29 is 19.1 Å². The van der Waals surface area contributed by atoms with E-state index in [1.165, 1.54) is 18.9 Å². The van der Waals surface area contributed by atoms with Crippen LogP contribution in [0.2, 0.25) is 0 Å². The van der Waals surface area contributed by atoms with E-state index in [4.69, 9.17) is 4.74 Å². The summed E-state index contributed by atoms with van der Waals surface area (Å²) in [6.07, 6.45) is 1.39. The Morgan fingerprint density at radius 3 is 2.45 bits per heavy atom. The average molecular weight is 275 g/mol. The monoisotopic (exact) mass is 275 g/mol. The maximum Gasteiger partial charge on any atom is 0.229 e. The number of rotatable bonds is 4. The molecule has 1 heterocycles. The van der Waals surface area contributed by atoms with Crippen molar-refractivity contribution in [1.29, 1.82) is 0 Å². The van der Waals surface area contributed by atoms with Crippen molar-refractivity contribution in [2.75, 3.05) is 7.11 Å². The summed E-state index contributed by atoms with van der Waals surface area (Å²) in [6, 6.07) is 5.03. The van der Waals surface area contributed by atoms with Crippen LogP contribution in [0.3, 0.4) is 0 Å². The molecule has 106 valence electrons. The van der Waals surface area contributed by atoms with Crippen LogP contribution >= 0.6 is 0 Å². The van der Waals surface area contributed by atoms with Gasteiger partial charge >= 0.3 is 0 Å². The van der Waals surface area contributed by atoms with E-state index in [-0.39, 0.29) is 24.1 Å². The highest BCUT2D eigenvalue weighted by atomic mass is 16.5. The van der Waals surface area contributed by atoms with Gasteiger partial charge in [0.2, 0.25) is 11.8 Å². The first-order chi connectivity index (χ1) is 9.52. The number of ketones is 1. The molecule has 1 aliphatic rings. The Morgan fingerprint density at radius 1 is 1.25 bits per heavy atom. The average Bonchev–Trinajstić information content (AvgIpc) is 2.42. The molecule has 1 fully saturated rings. The number of nitrogens with zero attached hydrogens (tertiary/aromatic N) is 1. The molecule has 2 amide bonds. The van der Waals surface area contributed by atoms with Crippen LogP contribution in [0.25, 0.3) is 0 Å². The molecule has 0 N–H and O–H groups in total. The lowest BCUT2D eigenvalue weighted by Gasteiger charge is -2.25. The van der Waals surface area contributed by atoms with E-state index in [0.29, 0.717) is 36.1 Å². The first-order valence-corrected chi connectivity index (χ1v) is 6.54. The Hall–Kier alpha value is -2.17. The number of ether oxygens (including phenoxy) is 1. The quantitative estimate of drug-likeness (QED) is 0.622. The maximum absolute atomic E-state index is 11.8. The van der Waals surface area contributed by atoms with Crippen molar-refractivity contribution in [2.45, 2.75) is 32.7 Å². The van der Waals surface area contributed by atoms with E-state index in [0.717, 1.165) is 0 Å². The third kappa shape index (κ3) is 2.87. The lowest BCUT2D eigenvalue weighted by Crippen LogP contribution is -2.39. The summed E-state index contributed by atoms with van der Waals surface area (Å²) in [6.45, 7) is 1.63. The number of Topliss-reactive ketones (excluding diaryl/α,β-unsaturated/α-hetero) is 1. The molecule has 1 aromatic carbocycles. The predicted octanol–water partition coefficient (Wildman–Crippen LogP) is 1.94. The first kappa shape index (κ1) is 14.2. The van der Waals surface area contributed by atoms with Gasteiger partial charge in [-0.05, 0) is 31.5 Å². The normalized spacial score (nSPS) is 15.4. The van der Waals surface area contributed by atoms with Crippen molar-refractivity contribution in [3.63, 3.8) is 0 Å². The van der Waals surface area contributed by atoms with E-state index < -0.39 is 0 Å². The molecule has 20 heavy (non-hydrogen) atoms. The number of amides is 2. The zero-order valence-electron chi connectivity index (χ0n) is 11.6. The molecule has 0 aromatic heterocycles. The van der Waals surface area contributed by atoms with Gasteiger partial charge < -0.3 is 4.74 Å². The van der Waals surface area contributed by atoms with Gasteiger partial charge in [0.25, 0.3) is 0 Å². The summed E-state index contributed by atoms with van der Waals surface area (Å²) < 4.78 is 5.23. The molecule has 0 bridgehead atoms. The number of carbonyl (C=O) groups excluding carboxylic acids is 3. The van der Waals surface area contributed by atoms with E-state index >= 15 is 0 Å². The Balaban J connectivity index is 2.31. The minimum absolute atomic E-state index is 0.0646. The highest BCUT2D eigenvalue weighted by Gasteiger charge is 2.26. The van der Waals surface area contributed by atoms with E-state index in [2.05, 4.69) is 0 Å². The fraction of sp³-hybridized carbons (Fsp3) is 0.400. The van der Waals surface area contributed by atoms with Crippen molar-refractivity contribution in [2.24, 2.45) is 0 Å². The Labute approximate surface area is 117 Å². The molecule has 2 rings (SSSR count). The molecular formula is C15H17NO4. The van der Waals surface area contributed by atoms with Crippen LogP contribution in [-0.2, 0) is 16.1 Å². The van der Waals surface area contributed by atoms with Crippen LogP contribution in [0.1, 0.15) is 42.1 Å².